The fraction of sp³-hybridized carbons (Fsp3) is 0.233. The molecular weight excluding hydrogens is 486 g/mol. The maximum Gasteiger partial charge on any atom is 0.338 e. The van der Waals surface area contributed by atoms with Gasteiger partial charge in [0, 0.05) is 11.3 Å². The first kappa shape index (κ1) is 26.5. The third kappa shape index (κ3) is 5.11. The van der Waals surface area contributed by atoms with Crippen molar-refractivity contribution < 1.29 is 34.1 Å². The monoisotopic (exact) mass is 515 g/mol. The predicted molar refractivity (Wildman–Crippen MR) is 142 cm³/mol. The average molecular weight is 516 g/mol. The van der Waals surface area contributed by atoms with Gasteiger partial charge >= 0.3 is 5.97 Å². The zero-order valence-corrected chi connectivity index (χ0v) is 21.6. The number of esters is 1. The maximum atomic E-state index is 13.4. The van der Waals surface area contributed by atoms with Gasteiger partial charge in [0.05, 0.1) is 29.9 Å². The second kappa shape index (κ2) is 10.8. The van der Waals surface area contributed by atoms with E-state index < -0.39 is 23.7 Å². The number of ketones is 1. The molecule has 1 atom stereocenters. The minimum Gasteiger partial charge on any atom is -0.508 e. The number of aryl methyl sites for hydroxylation is 1. The summed E-state index contributed by atoms with van der Waals surface area (Å²) in [5.41, 5.74) is 2.19. The van der Waals surface area contributed by atoms with E-state index in [1.807, 2.05) is 20.8 Å². The average Bonchev–Trinajstić information content (AvgIpc) is 3.15. The van der Waals surface area contributed by atoms with Gasteiger partial charge in [-0.2, -0.15) is 0 Å². The summed E-state index contributed by atoms with van der Waals surface area (Å²) in [5.74, 6) is -1.85. The van der Waals surface area contributed by atoms with Crippen molar-refractivity contribution in [1.82, 2.24) is 0 Å². The standard InChI is InChI=1S/C30H29NO7/c1-5-37-30(36)20-6-11-22(12-7-20)31-26(19-8-13-23(32)14-9-19)25(28(34)29(31)35)27(33)21-10-15-24(18(4)16-21)38-17(2)3/h6-17,26,32-33H,5H2,1-4H3/b27-25-. The second-order valence-corrected chi connectivity index (χ2v) is 9.17. The van der Waals surface area contributed by atoms with E-state index in [2.05, 4.69) is 0 Å². The van der Waals surface area contributed by atoms with Crippen LogP contribution < -0.4 is 9.64 Å². The molecule has 0 aromatic heterocycles. The minimum atomic E-state index is -0.976. The number of aliphatic hydroxyl groups excluding tert-OH is 1. The Morgan fingerprint density at radius 2 is 1.61 bits per heavy atom. The fourth-order valence-corrected chi connectivity index (χ4v) is 4.38. The molecule has 3 aromatic rings. The number of Topliss-reactive ketones (excluding diaryl/α,β-unsaturated/α-hetero) is 1. The number of aromatic hydroxyl groups is 1. The van der Waals surface area contributed by atoms with E-state index in [1.165, 1.54) is 29.2 Å². The molecule has 0 spiro atoms. The van der Waals surface area contributed by atoms with E-state index in [0.29, 0.717) is 28.1 Å². The van der Waals surface area contributed by atoms with Crippen LogP contribution in [0.15, 0.2) is 72.3 Å². The summed E-state index contributed by atoms with van der Waals surface area (Å²) in [6.45, 7) is 7.57. The van der Waals surface area contributed by atoms with Gasteiger partial charge in [0.15, 0.2) is 0 Å². The molecule has 2 N–H and O–H groups in total. The lowest BCUT2D eigenvalue weighted by molar-refractivity contribution is -0.132. The highest BCUT2D eigenvalue weighted by atomic mass is 16.5. The molecule has 1 amide bonds. The molecule has 8 nitrogen and oxygen atoms in total. The molecule has 0 bridgehead atoms. The summed E-state index contributed by atoms with van der Waals surface area (Å²) in [7, 11) is 0. The number of phenols is 1. The molecule has 4 rings (SSSR count). The number of hydrogen-bond donors (Lipinski definition) is 2. The molecule has 0 aliphatic carbocycles. The van der Waals surface area contributed by atoms with Crippen LogP contribution in [0.25, 0.3) is 5.76 Å². The van der Waals surface area contributed by atoms with Crippen LogP contribution >= 0.6 is 0 Å². The molecular formula is C30H29NO7. The zero-order chi connectivity index (χ0) is 27.6. The van der Waals surface area contributed by atoms with Crippen LogP contribution in [-0.2, 0) is 14.3 Å². The van der Waals surface area contributed by atoms with Crippen molar-refractivity contribution in [3.05, 3.63) is 94.6 Å². The Labute approximate surface area is 220 Å². The summed E-state index contributed by atoms with van der Waals surface area (Å²) < 4.78 is 10.8. The van der Waals surface area contributed by atoms with Gasteiger partial charge in [-0.1, -0.05) is 12.1 Å². The predicted octanol–water partition coefficient (Wildman–Crippen LogP) is 5.29. The lowest BCUT2D eigenvalue weighted by Gasteiger charge is -2.25. The Kier molecular flexibility index (Phi) is 7.52. The molecule has 196 valence electrons. The van der Waals surface area contributed by atoms with Gasteiger partial charge in [-0.15, -0.1) is 0 Å². The summed E-state index contributed by atoms with van der Waals surface area (Å²) in [4.78, 5) is 40.1. The lowest BCUT2D eigenvalue weighted by atomic mass is 9.94. The SMILES string of the molecule is CCOC(=O)c1ccc(N2C(=O)C(=O)/C(=C(\O)c3ccc(OC(C)C)c(C)c3)C2c2ccc(O)cc2)cc1. The minimum absolute atomic E-state index is 0.0147. The van der Waals surface area contributed by atoms with Gasteiger partial charge in [0.25, 0.3) is 11.7 Å². The number of carbonyl (C=O) groups is 3. The summed E-state index contributed by atoms with van der Waals surface area (Å²) in [6, 6.07) is 16.3. The number of amides is 1. The van der Waals surface area contributed by atoms with Crippen molar-refractivity contribution in [2.75, 3.05) is 11.5 Å². The lowest BCUT2D eigenvalue weighted by Crippen LogP contribution is -2.29. The van der Waals surface area contributed by atoms with Crippen molar-refractivity contribution in [2.45, 2.75) is 39.8 Å². The number of ether oxygens (including phenoxy) is 2. The largest absolute Gasteiger partial charge is 0.508 e. The number of aliphatic hydroxyl groups is 1. The number of phenolic OH excluding ortho intramolecular Hbond substituents is 1. The third-order valence-corrected chi connectivity index (χ3v) is 6.12. The number of benzene rings is 3. The molecule has 8 heteroatoms. The molecule has 1 aliphatic heterocycles. The number of nitrogens with zero attached hydrogens (tertiary/aromatic N) is 1. The van der Waals surface area contributed by atoms with Crippen LogP contribution in [0.4, 0.5) is 5.69 Å². The molecule has 0 saturated carbocycles. The van der Waals surface area contributed by atoms with Crippen molar-refractivity contribution >= 4 is 29.1 Å². The Balaban J connectivity index is 1.84. The molecule has 1 aliphatic rings. The third-order valence-electron chi connectivity index (χ3n) is 6.12. The fourth-order valence-electron chi connectivity index (χ4n) is 4.38. The zero-order valence-electron chi connectivity index (χ0n) is 21.6. The van der Waals surface area contributed by atoms with Gasteiger partial charge in [-0.3, -0.25) is 14.5 Å². The van der Waals surface area contributed by atoms with E-state index in [1.54, 1.807) is 49.4 Å². The Morgan fingerprint density at radius 1 is 0.974 bits per heavy atom. The number of rotatable bonds is 7. The Hall–Kier alpha value is -4.59. The molecule has 1 saturated heterocycles. The summed E-state index contributed by atoms with van der Waals surface area (Å²) in [5, 5.41) is 21.2. The van der Waals surface area contributed by atoms with Crippen molar-refractivity contribution in [3.63, 3.8) is 0 Å². The summed E-state index contributed by atoms with van der Waals surface area (Å²) in [6.07, 6.45) is -0.0387. The van der Waals surface area contributed by atoms with Gasteiger partial charge in [0.2, 0.25) is 0 Å². The van der Waals surface area contributed by atoms with Crippen LogP contribution in [0.2, 0.25) is 0 Å². The molecule has 3 aromatic carbocycles. The van der Waals surface area contributed by atoms with Gasteiger partial charge < -0.3 is 19.7 Å². The molecule has 1 unspecified atom stereocenters. The Morgan fingerprint density at radius 3 is 2.18 bits per heavy atom. The van der Waals surface area contributed by atoms with Crippen LogP contribution in [0.3, 0.4) is 0 Å². The first-order valence-electron chi connectivity index (χ1n) is 12.3. The van der Waals surface area contributed by atoms with E-state index in [-0.39, 0.29) is 29.8 Å². The van der Waals surface area contributed by atoms with Crippen molar-refractivity contribution in [1.29, 1.82) is 0 Å². The molecule has 0 radical (unpaired) electrons. The molecule has 1 heterocycles. The normalized spacial score (nSPS) is 16.7. The number of carbonyl (C=O) groups excluding carboxylic acids is 3. The van der Waals surface area contributed by atoms with Crippen molar-refractivity contribution in [2.24, 2.45) is 0 Å². The number of anilines is 1. The first-order chi connectivity index (χ1) is 18.1. The van der Waals surface area contributed by atoms with E-state index >= 15 is 0 Å². The highest BCUT2D eigenvalue weighted by Gasteiger charge is 2.47. The first-order valence-corrected chi connectivity index (χ1v) is 12.3. The van der Waals surface area contributed by atoms with Crippen LogP contribution in [0, 0.1) is 6.92 Å². The topological polar surface area (TPSA) is 113 Å². The maximum absolute atomic E-state index is 13.4. The van der Waals surface area contributed by atoms with Crippen LogP contribution in [0.1, 0.15) is 53.9 Å². The highest BCUT2D eigenvalue weighted by Crippen LogP contribution is 2.42. The quantitative estimate of drug-likeness (QED) is 0.190. The summed E-state index contributed by atoms with van der Waals surface area (Å²) >= 11 is 0. The van der Waals surface area contributed by atoms with E-state index in [9.17, 15) is 24.6 Å². The molecule has 1 fully saturated rings. The molecule has 38 heavy (non-hydrogen) atoms. The smallest absolute Gasteiger partial charge is 0.338 e. The second-order valence-electron chi connectivity index (χ2n) is 9.17. The van der Waals surface area contributed by atoms with Gasteiger partial charge in [0.1, 0.15) is 17.3 Å². The highest BCUT2D eigenvalue weighted by molar-refractivity contribution is 6.51. The van der Waals surface area contributed by atoms with Crippen molar-refractivity contribution in [3.8, 4) is 11.5 Å². The van der Waals surface area contributed by atoms with E-state index in [0.717, 1.165) is 5.56 Å². The number of hydrogen-bond acceptors (Lipinski definition) is 7. The van der Waals surface area contributed by atoms with E-state index in [4.69, 9.17) is 9.47 Å². The van der Waals surface area contributed by atoms with Crippen LogP contribution in [0.5, 0.6) is 11.5 Å². The Bertz CT molecular complexity index is 1410. The van der Waals surface area contributed by atoms with Gasteiger partial charge in [-0.25, -0.2) is 4.79 Å². The van der Waals surface area contributed by atoms with Gasteiger partial charge in [-0.05, 0) is 93.4 Å². The van der Waals surface area contributed by atoms with Crippen LogP contribution in [-0.4, -0.2) is 40.6 Å².